The lowest BCUT2D eigenvalue weighted by Crippen LogP contribution is -2.02. The second-order valence-corrected chi connectivity index (χ2v) is 5.30. The highest BCUT2D eigenvalue weighted by atomic mass is 16.1. The third-order valence-corrected chi connectivity index (χ3v) is 3.75. The highest BCUT2D eigenvalue weighted by Crippen LogP contribution is 2.26. The molecule has 3 aromatic rings. The maximum atomic E-state index is 11.9. The largest absolute Gasteiger partial charge is 0.299 e. The maximum Gasteiger partial charge on any atom is 0.137 e. The summed E-state index contributed by atoms with van der Waals surface area (Å²) in [6.07, 6.45) is 2.14. The number of rotatable bonds is 4. The molecule has 0 saturated heterocycles. The molecule has 0 fully saturated rings. The Balaban J connectivity index is 2.12. The maximum absolute atomic E-state index is 11.9. The summed E-state index contributed by atoms with van der Waals surface area (Å²) in [7, 11) is 0. The summed E-state index contributed by atoms with van der Waals surface area (Å²) in [5.74, 6) is 0.327. The number of hydrogen-bond donors (Lipinski definition) is 0. The zero-order chi connectivity index (χ0) is 13.9. The average Bonchev–Trinajstić information content (AvgIpc) is 2.46. The van der Waals surface area contributed by atoms with Gasteiger partial charge in [-0.15, -0.1) is 0 Å². The zero-order valence-electron chi connectivity index (χ0n) is 11.7. The molecule has 0 radical (unpaired) electrons. The fourth-order valence-corrected chi connectivity index (χ4v) is 2.77. The molecular formula is C19H18O. The van der Waals surface area contributed by atoms with E-state index in [0.29, 0.717) is 18.6 Å². The molecule has 20 heavy (non-hydrogen) atoms. The highest BCUT2D eigenvalue weighted by Gasteiger charge is 2.07. The van der Waals surface area contributed by atoms with Gasteiger partial charge in [-0.05, 0) is 45.7 Å². The van der Waals surface area contributed by atoms with Crippen LogP contribution in [-0.2, 0) is 11.2 Å². The summed E-state index contributed by atoms with van der Waals surface area (Å²) in [6.45, 7) is 2.05. The lowest BCUT2D eigenvalue weighted by atomic mass is 9.96. The highest BCUT2D eigenvalue weighted by molar-refractivity contribution is 6.00. The minimum atomic E-state index is 0.327. The predicted octanol–water partition coefficient (Wildman–Crippen LogP) is 4.90. The summed E-state index contributed by atoms with van der Waals surface area (Å²) >= 11 is 0. The molecule has 0 spiro atoms. The standard InChI is InChI=1S/C19H18O/c1-2-6-18(20)12-17-10-5-9-16-11-14-7-3-4-8-15(14)13-19(16)17/h3-5,7-11,13H,2,6,12H2,1H3. The van der Waals surface area contributed by atoms with Crippen molar-refractivity contribution in [3.63, 3.8) is 0 Å². The van der Waals surface area contributed by atoms with Crippen molar-refractivity contribution in [3.05, 3.63) is 60.2 Å². The van der Waals surface area contributed by atoms with Gasteiger partial charge in [-0.1, -0.05) is 49.4 Å². The van der Waals surface area contributed by atoms with Crippen LogP contribution in [0, 0.1) is 0 Å². The van der Waals surface area contributed by atoms with Crippen LogP contribution >= 0.6 is 0 Å². The molecule has 0 aromatic heterocycles. The van der Waals surface area contributed by atoms with Crippen LogP contribution in [-0.4, -0.2) is 5.78 Å². The van der Waals surface area contributed by atoms with Crippen molar-refractivity contribution in [3.8, 4) is 0 Å². The van der Waals surface area contributed by atoms with Crippen LogP contribution in [0.2, 0.25) is 0 Å². The molecule has 0 bridgehead atoms. The number of carbonyl (C=O) groups excluding carboxylic acids is 1. The molecule has 0 N–H and O–H groups in total. The first-order chi connectivity index (χ1) is 9.78. The summed E-state index contributed by atoms with van der Waals surface area (Å²) in [4.78, 5) is 11.9. The van der Waals surface area contributed by atoms with E-state index >= 15 is 0 Å². The van der Waals surface area contributed by atoms with Crippen LogP contribution in [0.1, 0.15) is 25.3 Å². The Hall–Kier alpha value is -2.15. The van der Waals surface area contributed by atoms with E-state index in [1.165, 1.54) is 21.5 Å². The van der Waals surface area contributed by atoms with Crippen LogP contribution in [0.25, 0.3) is 21.5 Å². The third-order valence-electron chi connectivity index (χ3n) is 3.75. The van der Waals surface area contributed by atoms with E-state index in [0.717, 1.165) is 12.0 Å². The van der Waals surface area contributed by atoms with Gasteiger partial charge in [-0.3, -0.25) is 4.79 Å². The normalized spacial score (nSPS) is 11.1. The first-order valence-electron chi connectivity index (χ1n) is 7.20. The predicted molar refractivity (Wildman–Crippen MR) is 85.1 cm³/mol. The molecule has 0 aliphatic carbocycles. The SMILES string of the molecule is CCCC(=O)Cc1cccc2cc3ccccc3cc12. The first-order valence-corrected chi connectivity index (χ1v) is 7.20. The quantitative estimate of drug-likeness (QED) is 0.611. The zero-order valence-corrected chi connectivity index (χ0v) is 11.7. The minimum absolute atomic E-state index is 0.327. The molecule has 0 saturated carbocycles. The van der Waals surface area contributed by atoms with Gasteiger partial charge in [0, 0.05) is 12.8 Å². The van der Waals surface area contributed by atoms with Crippen molar-refractivity contribution >= 4 is 27.3 Å². The van der Waals surface area contributed by atoms with E-state index in [1.54, 1.807) is 0 Å². The fourth-order valence-electron chi connectivity index (χ4n) is 2.77. The number of ketones is 1. The third kappa shape index (κ3) is 2.44. The minimum Gasteiger partial charge on any atom is -0.299 e. The van der Waals surface area contributed by atoms with Gasteiger partial charge in [0.2, 0.25) is 0 Å². The van der Waals surface area contributed by atoms with E-state index in [4.69, 9.17) is 0 Å². The van der Waals surface area contributed by atoms with Crippen molar-refractivity contribution in [1.82, 2.24) is 0 Å². The Morgan fingerprint density at radius 1 is 0.900 bits per heavy atom. The molecule has 0 atom stereocenters. The topological polar surface area (TPSA) is 17.1 Å². The smallest absolute Gasteiger partial charge is 0.137 e. The lowest BCUT2D eigenvalue weighted by molar-refractivity contribution is -0.118. The Kier molecular flexibility index (Phi) is 3.51. The molecule has 0 aliphatic heterocycles. The molecule has 0 aliphatic rings. The summed E-state index contributed by atoms with van der Waals surface area (Å²) < 4.78 is 0. The van der Waals surface area contributed by atoms with Gasteiger partial charge in [0.1, 0.15) is 5.78 Å². The Bertz CT molecular complexity index is 771. The summed E-state index contributed by atoms with van der Waals surface area (Å²) in [6, 6.07) is 19.0. The Morgan fingerprint density at radius 2 is 1.60 bits per heavy atom. The molecule has 0 unspecified atom stereocenters. The van der Waals surface area contributed by atoms with E-state index in [1.807, 2.05) is 6.07 Å². The monoisotopic (exact) mass is 262 g/mol. The van der Waals surface area contributed by atoms with Gasteiger partial charge in [-0.25, -0.2) is 0 Å². The lowest BCUT2D eigenvalue weighted by Gasteiger charge is -2.08. The summed E-state index contributed by atoms with van der Waals surface area (Å²) in [5.41, 5.74) is 1.15. The molecule has 0 heterocycles. The van der Waals surface area contributed by atoms with Crippen LogP contribution in [0.5, 0.6) is 0 Å². The van der Waals surface area contributed by atoms with Gasteiger partial charge < -0.3 is 0 Å². The van der Waals surface area contributed by atoms with Crippen LogP contribution < -0.4 is 0 Å². The van der Waals surface area contributed by atoms with Crippen molar-refractivity contribution in [2.75, 3.05) is 0 Å². The molecule has 3 aromatic carbocycles. The average molecular weight is 262 g/mol. The molecule has 1 heteroatoms. The number of Topliss-reactive ketones (excluding diaryl/α,β-unsaturated/α-hetero) is 1. The Morgan fingerprint density at radius 3 is 2.35 bits per heavy atom. The number of hydrogen-bond acceptors (Lipinski definition) is 1. The molecule has 1 nitrogen and oxygen atoms in total. The van der Waals surface area contributed by atoms with E-state index < -0.39 is 0 Å². The van der Waals surface area contributed by atoms with Gasteiger partial charge >= 0.3 is 0 Å². The second-order valence-electron chi connectivity index (χ2n) is 5.30. The van der Waals surface area contributed by atoms with Crippen molar-refractivity contribution in [2.24, 2.45) is 0 Å². The first kappa shape index (κ1) is 12.9. The van der Waals surface area contributed by atoms with Gasteiger partial charge in [0.05, 0.1) is 0 Å². The molecule has 0 amide bonds. The summed E-state index contributed by atoms with van der Waals surface area (Å²) in [5, 5.41) is 4.90. The van der Waals surface area contributed by atoms with Crippen LogP contribution in [0.3, 0.4) is 0 Å². The number of carbonyl (C=O) groups is 1. The Labute approximate surface area is 119 Å². The number of fused-ring (bicyclic) bond motifs is 2. The van der Waals surface area contributed by atoms with Crippen molar-refractivity contribution in [1.29, 1.82) is 0 Å². The van der Waals surface area contributed by atoms with Crippen LogP contribution in [0.4, 0.5) is 0 Å². The van der Waals surface area contributed by atoms with Crippen LogP contribution in [0.15, 0.2) is 54.6 Å². The molecule has 3 rings (SSSR count). The molecule has 100 valence electrons. The van der Waals surface area contributed by atoms with Crippen molar-refractivity contribution in [2.45, 2.75) is 26.2 Å². The van der Waals surface area contributed by atoms with E-state index in [2.05, 4.69) is 55.5 Å². The van der Waals surface area contributed by atoms with Gasteiger partial charge in [-0.2, -0.15) is 0 Å². The van der Waals surface area contributed by atoms with Gasteiger partial charge in [0.25, 0.3) is 0 Å². The molecular weight excluding hydrogens is 244 g/mol. The van der Waals surface area contributed by atoms with Gasteiger partial charge in [0.15, 0.2) is 0 Å². The fraction of sp³-hybridized carbons (Fsp3) is 0.211. The van der Waals surface area contributed by atoms with Crippen molar-refractivity contribution < 1.29 is 4.79 Å². The second kappa shape index (κ2) is 5.46. The van der Waals surface area contributed by atoms with E-state index in [-0.39, 0.29) is 0 Å². The van der Waals surface area contributed by atoms with E-state index in [9.17, 15) is 4.79 Å². The number of benzene rings is 3.